The van der Waals surface area contributed by atoms with Crippen molar-refractivity contribution in [2.75, 3.05) is 5.75 Å². The Morgan fingerprint density at radius 3 is 2.39 bits per heavy atom. The lowest BCUT2D eigenvalue weighted by Gasteiger charge is -2.22. The zero-order valence-corrected chi connectivity index (χ0v) is 20.2. The molecule has 0 saturated heterocycles. The molecule has 31 heavy (non-hydrogen) atoms. The highest BCUT2D eigenvalue weighted by molar-refractivity contribution is 7.99. The van der Waals surface area contributed by atoms with Crippen molar-refractivity contribution in [1.82, 2.24) is 20.1 Å². The van der Waals surface area contributed by atoms with Crippen molar-refractivity contribution in [3.05, 3.63) is 35.7 Å². The van der Waals surface area contributed by atoms with Crippen LogP contribution in [0.1, 0.15) is 96.2 Å². The molecule has 7 heteroatoms. The summed E-state index contributed by atoms with van der Waals surface area (Å²) in [6.45, 7) is 10.5. The minimum Gasteiger partial charge on any atom is -0.483 e. The summed E-state index contributed by atoms with van der Waals surface area (Å²) in [5.41, 5.74) is 1.29. The van der Waals surface area contributed by atoms with Gasteiger partial charge in [-0.1, -0.05) is 57.0 Å². The molecule has 1 fully saturated rings. The number of rotatable bonds is 9. The average molecular weight is 445 g/mol. The molecule has 1 unspecified atom stereocenters. The van der Waals surface area contributed by atoms with Crippen LogP contribution in [0.5, 0.6) is 5.75 Å². The summed E-state index contributed by atoms with van der Waals surface area (Å²) in [4.78, 5) is 12.4. The lowest BCUT2D eigenvalue weighted by molar-refractivity contribution is -0.119. The highest BCUT2D eigenvalue weighted by atomic mass is 32.2. The molecule has 1 atom stereocenters. The highest BCUT2D eigenvalue weighted by Crippen LogP contribution is 2.28. The van der Waals surface area contributed by atoms with E-state index < -0.39 is 0 Å². The minimum absolute atomic E-state index is 0.0753. The molecule has 3 rings (SSSR count). The molecule has 2 aromatic rings. The summed E-state index contributed by atoms with van der Waals surface area (Å²) >= 11 is 1.44. The first-order valence-corrected chi connectivity index (χ1v) is 12.5. The standard InChI is InChI=1S/C24H36N4O2S/c1-16(2)19-11-13-21(14-12-19)30-18(5)23-26-27-24(28(23)17(3)4)31-15-22(29)25-20-9-7-6-8-10-20/h11-14,16-18,20H,6-10,15H2,1-5H3,(H,25,29). The maximum absolute atomic E-state index is 12.4. The van der Waals surface area contributed by atoms with Gasteiger partial charge < -0.3 is 14.6 Å². The Labute approximate surface area is 190 Å². The first-order chi connectivity index (χ1) is 14.8. The Morgan fingerprint density at radius 2 is 1.77 bits per heavy atom. The highest BCUT2D eigenvalue weighted by Gasteiger charge is 2.23. The third-order valence-electron chi connectivity index (χ3n) is 5.73. The molecule has 1 heterocycles. The van der Waals surface area contributed by atoms with Crippen LogP contribution >= 0.6 is 11.8 Å². The summed E-state index contributed by atoms with van der Waals surface area (Å²) < 4.78 is 8.23. The van der Waals surface area contributed by atoms with E-state index in [9.17, 15) is 4.79 Å². The summed E-state index contributed by atoms with van der Waals surface area (Å²) in [7, 11) is 0. The quantitative estimate of drug-likeness (QED) is 0.505. The van der Waals surface area contributed by atoms with E-state index in [2.05, 4.69) is 59.9 Å². The molecular weight excluding hydrogens is 408 g/mol. The third-order valence-corrected chi connectivity index (χ3v) is 6.68. The van der Waals surface area contributed by atoms with Crippen LogP contribution in [0.2, 0.25) is 0 Å². The molecule has 1 saturated carbocycles. The number of thioether (sulfide) groups is 1. The molecule has 1 amide bonds. The molecule has 1 N–H and O–H groups in total. The smallest absolute Gasteiger partial charge is 0.230 e. The van der Waals surface area contributed by atoms with Crippen LogP contribution < -0.4 is 10.1 Å². The predicted octanol–water partition coefficient (Wildman–Crippen LogP) is 5.66. The molecule has 0 bridgehead atoms. The van der Waals surface area contributed by atoms with Crippen molar-refractivity contribution in [3.8, 4) is 5.75 Å². The monoisotopic (exact) mass is 444 g/mol. The number of carbonyl (C=O) groups is 1. The van der Waals surface area contributed by atoms with Crippen molar-refractivity contribution in [3.63, 3.8) is 0 Å². The topological polar surface area (TPSA) is 69.0 Å². The van der Waals surface area contributed by atoms with Gasteiger partial charge in [-0.15, -0.1) is 10.2 Å². The van der Waals surface area contributed by atoms with Crippen LogP contribution in [0, 0.1) is 0 Å². The maximum atomic E-state index is 12.4. The van der Waals surface area contributed by atoms with Crippen molar-refractivity contribution in [2.24, 2.45) is 0 Å². The Morgan fingerprint density at radius 1 is 1.10 bits per heavy atom. The Hall–Kier alpha value is -2.02. The number of benzene rings is 1. The van der Waals surface area contributed by atoms with E-state index in [0.29, 0.717) is 17.7 Å². The molecule has 1 aromatic heterocycles. The lowest BCUT2D eigenvalue weighted by atomic mass is 9.95. The first-order valence-electron chi connectivity index (χ1n) is 11.5. The van der Waals surface area contributed by atoms with E-state index in [0.717, 1.165) is 29.6 Å². The molecule has 0 aliphatic heterocycles. The minimum atomic E-state index is -0.245. The molecule has 170 valence electrons. The van der Waals surface area contributed by atoms with Gasteiger partial charge in [-0.05, 0) is 57.2 Å². The van der Waals surface area contributed by atoms with E-state index in [-0.39, 0.29) is 18.1 Å². The van der Waals surface area contributed by atoms with Crippen LogP contribution in [0.4, 0.5) is 0 Å². The van der Waals surface area contributed by atoms with Gasteiger partial charge in [0.05, 0.1) is 5.75 Å². The van der Waals surface area contributed by atoms with E-state index in [1.165, 1.54) is 36.6 Å². The fourth-order valence-electron chi connectivity index (χ4n) is 3.98. The summed E-state index contributed by atoms with van der Waals surface area (Å²) in [6.07, 6.45) is 5.64. The van der Waals surface area contributed by atoms with Gasteiger partial charge in [0.2, 0.25) is 5.91 Å². The van der Waals surface area contributed by atoms with E-state index in [1.54, 1.807) is 0 Å². The number of nitrogens with zero attached hydrogens (tertiary/aromatic N) is 3. The second-order valence-corrected chi connectivity index (χ2v) is 9.92. The fraction of sp³-hybridized carbons (Fsp3) is 0.625. The van der Waals surface area contributed by atoms with E-state index in [1.807, 2.05) is 19.1 Å². The Kier molecular flexibility index (Phi) is 8.41. The fourth-order valence-corrected chi connectivity index (χ4v) is 4.87. The van der Waals surface area contributed by atoms with E-state index >= 15 is 0 Å². The predicted molar refractivity (Wildman–Crippen MR) is 126 cm³/mol. The SMILES string of the molecule is CC(C)c1ccc(OC(C)c2nnc(SCC(=O)NC3CCCCC3)n2C(C)C)cc1. The summed E-state index contributed by atoms with van der Waals surface area (Å²) in [5.74, 6) is 2.51. The van der Waals surface area contributed by atoms with Gasteiger partial charge in [-0.2, -0.15) is 0 Å². The molecule has 0 spiro atoms. The third kappa shape index (κ3) is 6.48. The van der Waals surface area contributed by atoms with Gasteiger partial charge in [-0.3, -0.25) is 4.79 Å². The van der Waals surface area contributed by atoms with Gasteiger partial charge in [0, 0.05) is 12.1 Å². The molecular formula is C24H36N4O2S. The molecule has 1 aliphatic carbocycles. The van der Waals surface area contributed by atoms with Gasteiger partial charge in [0.1, 0.15) is 5.75 Å². The van der Waals surface area contributed by atoms with Crippen molar-refractivity contribution >= 4 is 17.7 Å². The van der Waals surface area contributed by atoms with Crippen LogP contribution in [-0.2, 0) is 4.79 Å². The van der Waals surface area contributed by atoms with E-state index in [4.69, 9.17) is 4.74 Å². The zero-order chi connectivity index (χ0) is 22.4. The van der Waals surface area contributed by atoms with Crippen molar-refractivity contribution in [2.45, 2.75) is 96.0 Å². The summed E-state index contributed by atoms with van der Waals surface area (Å²) in [5, 5.41) is 12.7. The van der Waals surface area contributed by atoms with Crippen LogP contribution in [0.3, 0.4) is 0 Å². The van der Waals surface area contributed by atoms with Gasteiger partial charge in [0.15, 0.2) is 17.1 Å². The lowest BCUT2D eigenvalue weighted by Crippen LogP contribution is -2.37. The van der Waals surface area contributed by atoms with Gasteiger partial charge >= 0.3 is 0 Å². The Bertz CT molecular complexity index is 842. The zero-order valence-electron chi connectivity index (χ0n) is 19.4. The number of carbonyl (C=O) groups excluding carboxylic acids is 1. The van der Waals surface area contributed by atoms with Crippen LogP contribution in [0.15, 0.2) is 29.4 Å². The summed E-state index contributed by atoms with van der Waals surface area (Å²) in [6, 6.07) is 8.72. The molecule has 0 radical (unpaired) electrons. The van der Waals surface area contributed by atoms with Crippen molar-refractivity contribution < 1.29 is 9.53 Å². The largest absolute Gasteiger partial charge is 0.483 e. The number of hydrogen-bond acceptors (Lipinski definition) is 5. The molecule has 1 aromatic carbocycles. The van der Waals surface area contributed by atoms with Gasteiger partial charge in [-0.25, -0.2) is 0 Å². The first kappa shape index (κ1) is 23.6. The Balaban J connectivity index is 1.62. The molecule has 1 aliphatic rings. The van der Waals surface area contributed by atoms with Crippen molar-refractivity contribution in [1.29, 1.82) is 0 Å². The van der Waals surface area contributed by atoms with Crippen LogP contribution in [-0.4, -0.2) is 32.5 Å². The number of amides is 1. The molecule has 6 nitrogen and oxygen atoms in total. The normalized spacial score (nSPS) is 16.0. The number of nitrogens with one attached hydrogen (secondary N) is 1. The average Bonchev–Trinajstić information content (AvgIpc) is 3.18. The van der Waals surface area contributed by atoms with Crippen LogP contribution in [0.25, 0.3) is 0 Å². The van der Waals surface area contributed by atoms with Gasteiger partial charge in [0.25, 0.3) is 0 Å². The number of ether oxygens (including phenoxy) is 1. The maximum Gasteiger partial charge on any atom is 0.230 e. The second-order valence-electron chi connectivity index (χ2n) is 8.98. The number of hydrogen-bond donors (Lipinski definition) is 1. The second kappa shape index (κ2) is 11.0. The number of aromatic nitrogens is 3.